The monoisotopic (exact) mass is 460 g/mol. The van der Waals surface area contributed by atoms with E-state index in [1.165, 1.54) is 5.01 Å². The molecule has 4 N–H and O–H groups in total. The van der Waals surface area contributed by atoms with E-state index in [0.717, 1.165) is 28.1 Å². The van der Waals surface area contributed by atoms with E-state index in [2.05, 4.69) is 4.99 Å². The van der Waals surface area contributed by atoms with E-state index >= 15 is 0 Å². The SMILES string of the molecule is NC(N)=Nc1ccc(N2C(=O)N(Cc3ccccc3)N=C(c3ccccc3)c3ccccc32)cc1. The molecule has 0 aromatic heterocycles. The predicted molar refractivity (Wildman–Crippen MR) is 140 cm³/mol. The normalized spacial score (nSPS) is 13.0. The summed E-state index contributed by atoms with van der Waals surface area (Å²) < 4.78 is 0. The number of rotatable bonds is 5. The Labute approximate surface area is 203 Å². The Morgan fingerprint density at radius 1 is 0.771 bits per heavy atom. The van der Waals surface area contributed by atoms with Crippen molar-refractivity contribution in [3.05, 3.63) is 126 Å². The van der Waals surface area contributed by atoms with Crippen LogP contribution in [-0.2, 0) is 6.54 Å². The zero-order chi connectivity index (χ0) is 24.2. The number of hydrogen-bond donors (Lipinski definition) is 2. The number of hydrogen-bond acceptors (Lipinski definition) is 3. The third kappa shape index (κ3) is 4.60. The number of urea groups is 1. The van der Waals surface area contributed by atoms with Crippen molar-refractivity contribution < 1.29 is 4.79 Å². The average Bonchev–Trinajstić information content (AvgIpc) is 3.00. The molecule has 5 rings (SSSR count). The third-order valence-corrected chi connectivity index (χ3v) is 5.62. The Kier molecular flexibility index (Phi) is 5.96. The highest BCUT2D eigenvalue weighted by Gasteiger charge is 2.31. The van der Waals surface area contributed by atoms with Gasteiger partial charge < -0.3 is 11.5 Å². The minimum absolute atomic E-state index is 0.0242. The van der Waals surface area contributed by atoms with E-state index in [0.29, 0.717) is 17.9 Å². The molecule has 0 saturated carbocycles. The average molecular weight is 461 g/mol. The van der Waals surface area contributed by atoms with Gasteiger partial charge in [0.15, 0.2) is 5.96 Å². The molecule has 0 spiro atoms. The lowest BCUT2D eigenvalue weighted by Crippen LogP contribution is -2.36. The van der Waals surface area contributed by atoms with Crippen LogP contribution in [0.3, 0.4) is 0 Å². The van der Waals surface area contributed by atoms with Gasteiger partial charge in [0.2, 0.25) is 0 Å². The van der Waals surface area contributed by atoms with Crippen molar-refractivity contribution in [2.45, 2.75) is 6.54 Å². The first kappa shape index (κ1) is 21.9. The van der Waals surface area contributed by atoms with Crippen LogP contribution in [0.15, 0.2) is 119 Å². The Hall–Kier alpha value is -4.91. The molecule has 0 atom stereocenters. The van der Waals surface area contributed by atoms with Crippen LogP contribution < -0.4 is 16.4 Å². The molecule has 1 heterocycles. The molecule has 0 fully saturated rings. The van der Waals surface area contributed by atoms with E-state index in [1.54, 1.807) is 17.0 Å². The first-order valence-electron chi connectivity index (χ1n) is 11.2. The van der Waals surface area contributed by atoms with Gasteiger partial charge in [-0.2, -0.15) is 5.10 Å². The number of carbonyl (C=O) groups excluding carboxylic acids is 1. The van der Waals surface area contributed by atoms with Crippen molar-refractivity contribution in [2.75, 3.05) is 4.90 Å². The second kappa shape index (κ2) is 9.52. The Morgan fingerprint density at radius 2 is 1.40 bits per heavy atom. The number of carbonyl (C=O) groups is 1. The smallest absolute Gasteiger partial charge is 0.349 e. The van der Waals surface area contributed by atoms with Gasteiger partial charge in [-0.15, -0.1) is 0 Å². The fraction of sp³-hybridized carbons (Fsp3) is 0.0357. The maximum atomic E-state index is 14.0. The summed E-state index contributed by atoms with van der Waals surface area (Å²) in [6.45, 7) is 0.326. The first-order valence-corrected chi connectivity index (χ1v) is 11.2. The number of fused-ring (bicyclic) bond motifs is 1. The van der Waals surface area contributed by atoms with E-state index in [-0.39, 0.29) is 12.0 Å². The summed E-state index contributed by atoms with van der Waals surface area (Å²) in [6, 6.07) is 34.4. The second-order valence-corrected chi connectivity index (χ2v) is 8.05. The van der Waals surface area contributed by atoms with Crippen molar-refractivity contribution in [1.29, 1.82) is 0 Å². The fourth-order valence-electron chi connectivity index (χ4n) is 4.05. The van der Waals surface area contributed by atoms with Gasteiger partial charge in [-0.05, 0) is 35.9 Å². The van der Waals surface area contributed by atoms with Crippen LogP contribution in [0.1, 0.15) is 16.7 Å². The molecule has 0 bridgehead atoms. The highest BCUT2D eigenvalue weighted by Crippen LogP contribution is 2.35. The second-order valence-electron chi connectivity index (χ2n) is 8.05. The Bertz CT molecular complexity index is 1390. The summed E-state index contributed by atoms with van der Waals surface area (Å²) in [4.78, 5) is 19.8. The summed E-state index contributed by atoms with van der Waals surface area (Å²) in [7, 11) is 0. The van der Waals surface area contributed by atoms with E-state index in [1.807, 2.05) is 97.1 Å². The Morgan fingerprint density at radius 3 is 2.09 bits per heavy atom. The van der Waals surface area contributed by atoms with Crippen molar-refractivity contribution in [3.63, 3.8) is 0 Å². The molecule has 1 aliphatic heterocycles. The molecule has 0 aliphatic carbocycles. The lowest BCUT2D eigenvalue weighted by atomic mass is 10.00. The fourth-order valence-corrected chi connectivity index (χ4v) is 4.05. The minimum Gasteiger partial charge on any atom is -0.370 e. The molecule has 1 aliphatic rings. The molecule has 172 valence electrons. The largest absolute Gasteiger partial charge is 0.370 e. The van der Waals surface area contributed by atoms with E-state index in [4.69, 9.17) is 16.6 Å². The van der Waals surface area contributed by atoms with Crippen molar-refractivity contribution in [1.82, 2.24) is 5.01 Å². The van der Waals surface area contributed by atoms with Gasteiger partial charge in [-0.3, -0.25) is 4.90 Å². The quantitative estimate of drug-likeness (QED) is 0.319. The summed E-state index contributed by atoms with van der Waals surface area (Å²) in [5.74, 6) is -0.0242. The number of hydrazone groups is 1. The van der Waals surface area contributed by atoms with Gasteiger partial charge in [-0.1, -0.05) is 78.9 Å². The van der Waals surface area contributed by atoms with Crippen LogP contribution in [0.2, 0.25) is 0 Å². The summed E-state index contributed by atoms with van der Waals surface area (Å²) in [6.07, 6.45) is 0. The first-order chi connectivity index (χ1) is 17.1. The topological polar surface area (TPSA) is 100 Å². The molecule has 4 aromatic carbocycles. The van der Waals surface area contributed by atoms with Crippen LogP contribution in [0.4, 0.5) is 21.9 Å². The van der Waals surface area contributed by atoms with Crippen LogP contribution in [0.5, 0.6) is 0 Å². The van der Waals surface area contributed by atoms with E-state index in [9.17, 15) is 4.79 Å². The minimum atomic E-state index is -0.262. The number of para-hydroxylation sites is 1. The molecule has 7 heteroatoms. The highest BCUT2D eigenvalue weighted by molar-refractivity contribution is 6.20. The lowest BCUT2D eigenvalue weighted by Gasteiger charge is -2.26. The standard InChI is InChI=1S/C28H24N6O/c29-27(30)31-22-15-17-23(18-16-22)34-25-14-8-7-13-24(25)26(21-11-5-2-6-12-21)32-33(28(34)35)19-20-9-3-1-4-10-20/h1-18H,19H2,(H4,29,30,31). The van der Waals surface area contributed by atoms with Crippen LogP contribution in [-0.4, -0.2) is 22.7 Å². The number of benzene rings is 4. The van der Waals surface area contributed by atoms with Crippen LogP contribution in [0, 0.1) is 0 Å². The zero-order valence-corrected chi connectivity index (χ0v) is 19.0. The van der Waals surface area contributed by atoms with Gasteiger partial charge in [0, 0.05) is 11.1 Å². The van der Waals surface area contributed by atoms with Crippen molar-refractivity contribution in [3.8, 4) is 0 Å². The number of nitrogens with two attached hydrogens (primary N) is 2. The van der Waals surface area contributed by atoms with Crippen molar-refractivity contribution in [2.24, 2.45) is 21.6 Å². The summed E-state index contributed by atoms with van der Waals surface area (Å²) in [5.41, 5.74) is 16.5. The number of aliphatic imine (C=N–C) groups is 1. The molecule has 35 heavy (non-hydrogen) atoms. The van der Waals surface area contributed by atoms with Gasteiger partial charge in [0.05, 0.1) is 23.6 Å². The van der Waals surface area contributed by atoms with Crippen LogP contribution >= 0.6 is 0 Å². The molecule has 2 amide bonds. The predicted octanol–water partition coefficient (Wildman–Crippen LogP) is 5.12. The molecular formula is C28H24N6O. The van der Waals surface area contributed by atoms with Gasteiger partial charge in [-0.25, -0.2) is 14.8 Å². The number of anilines is 2. The van der Waals surface area contributed by atoms with Crippen molar-refractivity contribution >= 4 is 34.8 Å². The maximum absolute atomic E-state index is 14.0. The van der Waals surface area contributed by atoms with Gasteiger partial charge >= 0.3 is 6.03 Å². The molecule has 0 radical (unpaired) electrons. The molecule has 0 unspecified atom stereocenters. The van der Waals surface area contributed by atoms with Crippen LogP contribution in [0.25, 0.3) is 0 Å². The van der Waals surface area contributed by atoms with Gasteiger partial charge in [0.1, 0.15) is 5.71 Å². The molecule has 4 aromatic rings. The lowest BCUT2D eigenvalue weighted by molar-refractivity contribution is 0.207. The summed E-state index contributed by atoms with van der Waals surface area (Å²) in [5, 5.41) is 6.42. The van der Waals surface area contributed by atoms with E-state index < -0.39 is 0 Å². The number of nitrogens with zero attached hydrogens (tertiary/aromatic N) is 4. The number of amides is 2. The third-order valence-electron chi connectivity index (χ3n) is 5.62. The number of guanidine groups is 1. The molecular weight excluding hydrogens is 436 g/mol. The zero-order valence-electron chi connectivity index (χ0n) is 19.0. The summed E-state index contributed by atoms with van der Waals surface area (Å²) >= 11 is 0. The Balaban J connectivity index is 1.67. The van der Waals surface area contributed by atoms with Gasteiger partial charge in [0.25, 0.3) is 0 Å². The highest BCUT2D eigenvalue weighted by atomic mass is 16.2. The maximum Gasteiger partial charge on any atom is 0.349 e. The molecule has 7 nitrogen and oxygen atoms in total. The molecule has 0 saturated heterocycles.